The maximum Gasteiger partial charge on any atom is 0.228 e. The summed E-state index contributed by atoms with van der Waals surface area (Å²) < 4.78 is 17.0. The van der Waals surface area contributed by atoms with Crippen molar-refractivity contribution in [1.82, 2.24) is 20.4 Å². The van der Waals surface area contributed by atoms with Gasteiger partial charge >= 0.3 is 0 Å². The Bertz CT molecular complexity index is 563. The number of piperidine rings is 1. The lowest BCUT2D eigenvalue weighted by molar-refractivity contribution is -0.0721. The largest absolute Gasteiger partial charge is 0.376 e. The molecule has 0 radical (unpaired) electrons. The topological polar surface area (TPSA) is 85.0 Å². The van der Waals surface area contributed by atoms with Crippen LogP contribution in [0, 0.1) is 6.92 Å². The van der Waals surface area contributed by atoms with Crippen LogP contribution in [0.25, 0.3) is 0 Å². The lowest BCUT2D eigenvalue weighted by Crippen LogP contribution is -2.47. The summed E-state index contributed by atoms with van der Waals surface area (Å²) in [6.07, 6.45) is 6.95. The number of rotatable bonds is 6. The summed E-state index contributed by atoms with van der Waals surface area (Å²) >= 11 is 0. The van der Waals surface area contributed by atoms with E-state index in [-0.39, 0.29) is 0 Å². The Morgan fingerprint density at radius 2 is 2.15 bits per heavy atom. The molecule has 1 unspecified atom stereocenters. The number of likely N-dealkylation sites (tertiary alicyclic amines) is 1. The molecule has 1 aromatic rings. The van der Waals surface area contributed by atoms with E-state index >= 15 is 0 Å². The molecule has 3 rings (SSSR count). The van der Waals surface area contributed by atoms with Crippen molar-refractivity contribution in [3.8, 4) is 0 Å². The molecule has 1 aromatic heterocycles. The highest BCUT2D eigenvalue weighted by atomic mass is 16.5. The maximum atomic E-state index is 6.09. The van der Waals surface area contributed by atoms with Crippen molar-refractivity contribution in [3.05, 3.63) is 11.7 Å². The van der Waals surface area contributed by atoms with E-state index in [9.17, 15) is 0 Å². The summed E-state index contributed by atoms with van der Waals surface area (Å²) in [5.74, 6) is 2.25. The van der Waals surface area contributed by atoms with Crippen molar-refractivity contribution < 1.29 is 14.0 Å². The third kappa shape index (κ3) is 5.67. The van der Waals surface area contributed by atoms with E-state index in [0.717, 1.165) is 58.1 Å². The molecule has 146 valence electrons. The molecule has 0 amide bonds. The number of hydrogen-bond donors (Lipinski definition) is 1. The summed E-state index contributed by atoms with van der Waals surface area (Å²) in [5.41, 5.74) is 0. The molecule has 3 heterocycles. The van der Waals surface area contributed by atoms with E-state index in [1.54, 1.807) is 0 Å². The number of nitrogens with one attached hydrogen (secondary N) is 1. The molecule has 0 aliphatic carbocycles. The number of nitrogens with zero attached hydrogens (tertiary/aromatic N) is 4. The van der Waals surface area contributed by atoms with Gasteiger partial charge < -0.3 is 24.2 Å². The summed E-state index contributed by atoms with van der Waals surface area (Å²) in [5, 5.41) is 7.19. The van der Waals surface area contributed by atoms with E-state index in [4.69, 9.17) is 14.0 Å². The molecular weight excluding hydrogens is 334 g/mol. The SMILES string of the molecule is CN=C(NCCc1nc(C)no1)N1CCC(OCC2CCCCO2)CC1. The summed E-state index contributed by atoms with van der Waals surface area (Å²) in [6.45, 7) is 6.08. The molecule has 8 nitrogen and oxygen atoms in total. The molecule has 26 heavy (non-hydrogen) atoms. The average molecular weight is 365 g/mol. The number of guanidine groups is 1. The monoisotopic (exact) mass is 365 g/mol. The van der Waals surface area contributed by atoms with Gasteiger partial charge in [-0.3, -0.25) is 4.99 Å². The molecule has 0 saturated carbocycles. The van der Waals surface area contributed by atoms with Crippen LogP contribution in [0.3, 0.4) is 0 Å². The van der Waals surface area contributed by atoms with Crippen LogP contribution in [0.1, 0.15) is 43.8 Å². The standard InChI is InChI=1S/C18H31N5O3/c1-14-21-17(26-22-14)6-9-20-18(19-2)23-10-7-15(8-11-23)25-13-16-5-3-4-12-24-16/h15-16H,3-13H2,1-2H3,(H,19,20). The average Bonchev–Trinajstić information content (AvgIpc) is 3.10. The van der Waals surface area contributed by atoms with Gasteiger partial charge in [0.05, 0.1) is 18.8 Å². The Morgan fingerprint density at radius 1 is 1.31 bits per heavy atom. The van der Waals surface area contributed by atoms with E-state index in [1.165, 1.54) is 12.8 Å². The number of hydrogen-bond acceptors (Lipinski definition) is 6. The zero-order valence-electron chi connectivity index (χ0n) is 15.9. The van der Waals surface area contributed by atoms with Gasteiger partial charge in [0.1, 0.15) is 0 Å². The Kier molecular flexibility index (Phi) is 7.25. The summed E-state index contributed by atoms with van der Waals surface area (Å²) in [6, 6.07) is 0. The maximum absolute atomic E-state index is 6.09. The molecule has 2 saturated heterocycles. The minimum absolute atomic E-state index is 0.296. The summed E-state index contributed by atoms with van der Waals surface area (Å²) in [7, 11) is 1.82. The highest BCUT2D eigenvalue weighted by molar-refractivity contribution is 5.79. The fraction of sp³-hybridized carbons (Fsp3) is 0.833. The van der Waals surface area contributed by atoms with Crippen LogP contribution < -0.4 is 5.32 Å². The molecule has 0 spiro atoms. The first-order valence-corrected chi connectivity index (χ1v) is 9.72. The molecule has 1 atom stereocenters. The predicted molar refractivity (Wildman–Crippen MR) is 98.2 cm³/mol. The first-order chi connectivity index (χ1) is 12.7. The van der Waals surface area contributed by atoms with Crippen LogP contribution in [-0.2, 0) is 15.9 Å². The van der Waals surface area contributed by atoms with Gasteiger partial charge in [0.15, 0.2) is 11.8 Å². The smallest absolute Gasteiger partial charge is 0.228 e. The van der Waals surface area contributed by atoms with E-state index < -0.39 is 0 Å². The molecule has 0 bridgehead atoms. The van der Waals surface area contributed by atoms with Gasteiger partial charge in [-0.15, -0.1) is 0 Å². The number of aryl methyl sites for hydroxylation is 1. The van der Waals surface area contributed by atoms with Gasteiger partial charge in [-0.05, 0) is 39.0 Å². The number of ether oxygens (including phenoxy) is 2. The van der Waals surface area contributed by atoms with Gasteiger partial charge in [-0.2, -0.15) is 4.98 Å². The predicted octanol–water partition coefficient (Wildman–Crippen LogP) is 1.55. The molecule has 2 fully saturated rings. The second-order valence-electron chi connectivity index (χ2n) is 6.97. The second-order valence-corrected chi connectivity index (χ2v) is 6.97. The minimum Gasteiger partial charge on any atom is -0.376 e. The molecule has 1 N–H and O–H groups in total. The van der Waals surface area contributed by atoms with Crippen molar-refractivity contribution in [3.63, 3.8) is 0 Å². The van der Waals surface area contributed by atoms with E-state index in [2.05, 4.69) is 25.3 Å². The molecule has 0 aromatic carbocycles. The molecule has 8 heteroatoms. The van der Waals surface area contributed by atoms with Gasteiger partial charge in [0, 0.05) is 39.7 Å². The quantitative estimate of drug-likeness (QED) is 0.605. The first-order valence-electron chi connectivity index (χ1n) is 9.72. The lowest BCUT2D eigenvalue weighted by Gasteiger charge is -2.35. The highest BCUT2D eigenvalue weighted by Gasteiger charge is 2.23. The number of aliphatic imine (C=N–C) groups is 1. The normalized spacial score (nSPS) is 22.6. The minimum atomic E-state index is 0.296. The van der Waals surface area contributed by atoms with Crippen molar-refractivity contribution in [2.45, 2.75) is 57.7 Å². The zero-order valence-corrected chi connectivity index (χ0v) is 15.9. The Morgan fingerprint density at radius 3 is 2.81 bits per heavy atom. The van der Waals surface area contributed by atoms with Crippen LogP contribution in [0.15, 0.2) is 9.52 Å². The van der Waals surface area contributed by atoms with Gasteiger partial charge in [-0.1, -0.05) is 5.16 Å². The lowest BCUT2D eigenvalue weighted by atomic mass is 10.1. The van der Waals surface area contributed by atoms with Crippen molar-refractivity contribution in [1.29, 1.82) is 0 Å². The van der Waals surface area contributed by atoms with Crippen LogP contribution >= 0.6 is 0 Å². The molecule has 2 aliphatic heterocycles. The highest BCUT2D eigenvalue weighted by Crippen LogP contribution is 2.17. The first kappa shape index (κ1) is 19.1. The fourth-order valence-corrected chi connectivity index (χ4v) is 3.47. The van der Waals surface area contributed by atoms with Gasteiger partial charge in [-0.25, -0.2) is 0 Å². The molecule has 2 aliphatic rings. The summed E-state index contributed by atoms with van der Waals surface area (Å²) in [4.78, 5) is 10.9. The fourth-order valence-electron chi connectivity index (χ4n) is 3.47. The molecular formula is C18H31N5O3. The van der Waals surface area contributed by atoms with E-state index in [0.29, 0.717) is 30.3 Å². The van der Waals surface area contributed by atoms with Crippen LogP contribution in [-0.4, -0.2) is 73.1 Å². The van der Waals surface area contributed by atoms with E-state index in [1.807, 2.05) is 14.0 Å². The van der Waals surface area contributed by atoms with Crippen molar-refractivity contribution in [2.75, 3.05) is 39.9 Å². The third-order valence-electron chi connectivity index (χ3n) is 4.94. The Balaban J connectivity index is 1.34. The Labute approximate surface area is 155 Å². The second kappa shape index (κ2) is 9.87. The third-order valence-corrected chi connectivity index (χ3v) is 4.94. The van der Waals surface area contributed by atoms with Crippen molar-refractivity contribution >= 4 is 5.96 Å². The van der Waals surface area contributed by atoms with Crippen molar-refractivity contribution in [2.24, 2.45) is 4.99 Å². The number of aromatic nitrogens is 2. The van der Waals surface area contributed by atoms with Crippen LogP contribution in [0.2, 0.25) is 0 Å². The van der Waals surface area contributed by atoms with Crippen LogP contribution in [0.4, 0.5) is 0 Å². The van der Waals surface area contributed by atoms with Gasteiger partial charge in [0.2, 0.25) is 5.89 Å². The Hall–Kier alpha value is -1.67. The van der Waals surface area contributed by atoms with Crippen LogP contribution in [0.5, 0.6) is 0 Å². The van der Waals surface area contributed by atoms with Gasteiger partial charge in [0.25, 0.3) is 0 Å². The zero-order chi connectivity index (χ0) is 18.2.